The van der Waals surface area contributed by atoms with Crippen molar-refractivity contribution in [2.24, 2.45) is 11.3 Å². The van der Waals surface area contributed by atoms with Crippen LogP contribution in [-0.2, 0) is 9.53 Å². The van der Waals surface area contributed by atoms with Crippen LogP contribution in [0.3, 0.4) is 0 Å². The van der Waals surface area contributed by atoms with E-state index < -0.39 is 0 Å². The van der Waals surface area contributed by atoms with Crippen LogP contribution in [0.25, 0.3) is 0 Å². The van der Waals surface area contributed by atoms with Crippen molar-refractivity contribution in [3.05, 3.63) is 29.8 Å². The zero-order valence-corrected chi connectivity index (χ0v) is 14.4. The number of nitrogens with one attached hydrogen (secondary N) is 1. The smallest absolute Gasteiger partial charge is 0.253 e. The van der Waals surface area contributed by atoms with E-state index in [0.29, 0.717) is 31.0 Å². The highest BCUT2D eigenvalue weighted by molar-refractivity contribution is 5.97. The predicted octanol–water partition coefficient (Wildman–Crippen LogP) is 2.78. The van der Waals surface area contributed by atoms with Crippen molar-refractivity contribution in [1.29, 1.82) is 0 Å². The molecule has 0 radical (unpaired) electrons. The van der Waals surface area contributed by atoms with Crippen LogP contribution in [0.1, 0.15) is 37.6 Å². The Bertz CT molecular complexity index is 581. The Morgan fingerprint density at radius 2 is 2.09 bits per heavy atom. The van der Waals surface area contributed by atoms with Crippen LogP contribution in [0.2, 0.25) is 0 Å². The minimum atomic E-state index is -0.0457. The van der Waals surface area contributed by atoms with Crippen molar-refractivity contribution in [1.82, 2.24) is 4.90 Å². The van der Waals surface area contributed by atoms with Gasteiger partial charge in [-0.05, 0) is 24.6 Å². The molecule has 1 fully saturated rings. The molecule has 0 spiro atoms. The molecular weight excluding hydrogens is 292 g/mol. The van der Waals surface area contributed by atoms with Crippen LogP contribution in [0, 0.1) is 11.3 Å². The Morgan fingerprint density at radius 3 is 2.65 bits per heavy atom. The van der Waals surface area contributed by atoms with Crippen LogP contribution in [-0.4, -0.2) is 43.5 Å². The van der Waals surface area contributed by atoms with Gasteiger partial charge < -0.3 is 15.0 Å². The molecule has 2 rings (SSSR count). The number of carbonyl (C=O) groups excluding carboxylic acids is 2. The maximum atomic E-state index is 12.6. The average Bonchev–Trinajstić information content (AvgIpc) is 2.51. The Kier molecular flexibility index (Phi) is 5.42. The van der Waals surface area contributed by atoms with E-state index >= 15 is 0 Å². The number of rotatable bonds is 6. The third-order valence-corrected chi connectivity index (χ3v) is 4.30. The molecule has 0 bridgehead atoms. The van der Waals surface area contributed by atoms with E-state index in [1.165, 1.54) is 0 Å². The van der Waals surface area contributed by atoms with Crippen molar-refractivity contribution >= 4 is 17.5 Å². The van der Waals surface area contributed by atoms with Crippen LogP contribution in [0.4, 0.5) is 5.69 Å². The Hall–Kier alpha value is -1.88. The first-order valence-electron chi connectivity index (χ1n) is 8.09. The van der Waals surface area contributed by atoms with E-state index in [2.05, 4.69) is 12.2 Å². The van der Waals surface area contributed by atoms with Crippen LogP contribution < -0.4 is 5.32 Å². The number of hydrogen-bond acceptors (Lipinski definition) is 3. The minimum Gasteiger partial charge on any atom is -0.380 e. The second kappa shape index (κ2) is 7.13. The van der Waals surface area contributed by atoms with Crippen molar-refractivity contribution in [3.8, 4) is 0 Å². The van der Waals surface area contributed by atoms with Crippen molar-refractivity contribution < 1.29 is 14.3 Å². The standard InChI is InChI=1S/C18H26N2O3/c1-5-13(2)16(21)19-15-8-6-7-14(9-15)17(22)20(4)10-18(3)11-23-12-18/h6-9,13H,5,10-12H2,1-4H3,(H,19,21). The Morgan fingerprint density at radius 1 is 1.39 bits per heavy atom. The molecule has 0 saturated carbocycles. The lowest BCUT2D eigenvalue weighted by molar-refractivity contribution is -0.119. The van der Waals surface area contributed by atoms with Gasteiger partial charge in [0.25, 0.3) is 5.91 Å². The van der Waals surface area contributed by atoms with Crippen molar-refractivity contribution in [2.45, 2.75) is 27.2 Å². The summed E-state index contributed by atoms with van der Waals surface area (Å²) in [5.41, 5.74) is 1.29. The molecule has 1 aliphatic rings. The zero-order valence-electron chi connectivity index (χ0n) is 14.4. The predicted molar refractivity (Wildman–Crippen MR) is 90.4 cm³/mol. The molecule has 0 aliphatic carbocycles. The fourth-order valence-electron chi connectivity index (χ4n) is 2.59. The summed E-state index contributed by atoms with van der Waals surface area (Å²) in [6.45, 7) is 8.02. The summed E-state index contributed by atoms with van der Waals surface area (Å²) in [6.07, 6.45) is 0.786. The number of carbonyl (C=O) groups is 2. The lowest BCUT2D eigenvalue weighted by Crippen LogP contribution is -2.49. The highest BCUT2D eigenvalue weighted by atomic mass is 16.5. The van der Waals surface area contributed by atoms with Crippen LogP contribution >= 0.6 is 0 Å². The lowest BCUT2D eigenvalue weighted by atomic mass is 9.88. The highest BCUT2D eigenvalue weighted by Crippen LogP contribution is 2.27. The fraction of sp³-hybridized carbons (Fsp3) is 0.556. The first-order chi connectivity index (χ1) is 10.8. The highest BCUT2D eigenvalue weighted by Gasteiger charge is 2.35. The van der Waals surface area contributed by atoms with E-state index in [-0.39, 0.29) is 23.1 Å². The summed E-state index contributed by atoms with van der Waals surface area (Å²) in [5, 5.41) is 2.87. The molecule has 1 N–H and O–H groups in total. The van der Waals surface area contributed by atoms with E-state index in [0.717, 1.165) is 6.42 Å². The molecule has 23 heavy (non-hydrogen) atoms. The van der Waals surface area contributed by atoms with E-state index in [4.69, 9.17) is 4.74 Å². The summed E-state index contributed by atoms with van der Waals surface area (Å²) >= 11 is 0. The van der Waals surface area contributed by atoms with Gasteiger partial charge in [-0.15, -0.1) is 0 Å². The average molecular weight is 318 g/mol. The first kappa shape index (κ1) is 17.5. The summed E-state index contributed by atoms with van der Waals surface area (Å²) in [5.74, 6) is -0.113. The van der Waals surface area contributed by atoms with Crippen molar-refractivity contribution in [2.75, 3.05) is 32.1 Å². The van der Waals surface area contributed by atoms with Gasteiger partial charge in [-0.3, -0.25) is 9.59 Å². The summed E-state index contributed by atoms with van der Waals surface area (Å²) in [7, 11) is 1.80. The summed E-state index contributed by atoms with van der Waals surface area (Å²) < 4.78 is 5.23. The molecule has 1 saturated heterocycles. The maximum Gasteiger partial charge on any atom is 0.253 e. The number of amides is 2. The van der Waals surface area contributed by atoms with Gasteiger partial charge in [0.1, 0.15) is 0 Å². The number of anilines is 1. The minimum absolute atomic E-state index is 0.0235. The number of benzene rings is 1. The molecule has 1 aromatic rings. The second-order valence-corrected chi connectivity index (χ2v) is 6.84. The van der Waals surface area contributed by atoms with Gasteiger partial charge in [0.2, 0.25) is 5.91 Å². The number of nitrogens with zero attached hydrogens (tertiary/aromatic N) is 1. The van der Waals surface area contributed by atoms with Gasteiger partial charge in [-0.25, -0.2) is 0 Å². The molecule has 1 atom stereocenters. The Labute approximate surface area is 138 Å². The molecule has 0 aromatic heterocycles. The fourth-order valence-corrected chi connectivity index (χ4v) is 2.59. The van der Waals surface area contributed by atoms with Crippen LogP contribution in [0.5, 0.6) is 0 Å². The maximum absolute atomic E-state index is 12.6. The van der Waals surface area contributed by atoms with Gasteiger partial charge >= 0.3 is 0 Å². The molecule has 5 nitrogen and oxygen atoms in total. The monoisotopic (exact) mass is 318 g/mol. The van der Waals surface area contributed by atoms with E-state index in [1.807, 2.05) is 13.8 Å². The second-order valence-electron chi connectivity index (χ2n) is 6.84. The van der Waals surface area contributed by atoms with Gasteiger partial charge in [0.05, 0.1) is 13.2 Å². The third-order valence-electron chi connectivity index (χ3n) is 4.30. The summed E-state index contributed by atoms with van der Waals surface area (Å²) in [4.78, 5) is 26.3. The number of hydrogen-bond donors (Lipinski definition) is 1. The zero-order chi connectivity index (χ0) is 17.0. The molecule has 1 aliphatic heterocycles. The van der Waals surface area contributed by atoms with Gasteiger partial charge in [-0.2, -0.15) is 0 Å². The molecular formula is C18H26N2O3. The number of ether oxygens (including phenoxy) is 1. The van der Waals surface area contributed by atoms with Gasteiger partial charge in [0, 0.05) is 36.2 Å². The van der Waals surface area contributed by atoms with Gasteiger partial charge in [-0.1, -0.05) is 26.8 Å². The molecule has 2 amide bonds. The normalized spacial score (nSPS) is 17.0. The largest absolute Gasteiger partial charge is 0.380 e. The topological polar surface area (TPSA) is 58.6 Å². The molecule has 1 unspecified atom stereocenters. The van der Waals surface area contributed by atoms with Gasteiger partial charge in [0.15, 0.2) is 0 Å². The lowest BCUT2D eigenvalue weighted by Gasteiger charge is -2.40. The quantitative estimate of drug-likeness (QED) is 0.877. The molecule has 1 aromatic carbocycles. The SMILES string of the molecule is CCC(C)C(=O)Nc1cccc(C(=O)N(C)CC2(C)COC2)c1. The van der Waals surface area contributed by atoms with E-state index in [9.17, 15) is 9.59 Å². The Balaban J connectivity index is 2.03. The third kappa shape index (κ3) is 4.32. The van der Waals surface area contributed by atoms with Crippen molar-refractivity contribution in [3.63, 3.8) is 0 Å². The first-order valence-corrected chi connectivity index (χ1v) is 8.09. The summed E-state index contributed by atoms with van der Waals surface area (Å²) in [6, 6.07) is 7.11. The molecule has 5 heteroatoms. The van der Waals surface area contributed by atoms with E-state index in [1.54, 1.807) is 36.2 Å². The molecule has 1 heterocycles. The molecule has 126 valence electrons. The van der Waals surface area contributed by atoms with Crippen LogP contribution in [0.15, 0.2) is 24.3 Å².